The average molecular weight is 784 g/mol. The third-order valence-electron chi connectivity index (χ3n) is 12.2. The average Bonchev–Trinajstić information content (AvgIpc) is 3.98. The Hall–Kier alpha value is -7.73. The number of benzene rings is 9. The van der Waals surface area contributed by atoms with Gasteiger partial charge >= 0.3 is 0 Å². The Bertz CT molecular complexity index is 3840. The standard InChI is InChI=1S/C55H33N3OS/c1-2-12-35(13-3-1)58-48-19-9-5-14-39(48)46-32-37(27-31-49(46)58)57(38-26-28-42-41-16-7-11-21-51(41)60-52(42)33-38)36-24-22-34(23-25-36)54-45-30-29-43-40-15-6-10-20-50(40)59-55(43)53(45)44-17-4-8-18-47(44)56-54/h1-33H. The molecule has 0 radical (unpaired) electrons. The molecule has 280 valence electrons. The van der Waals surface area contributed by atoms with Crippen molar-refractivity contribution in [3.63, 3.8) is 0 Å². The highest BCUT2D eigenvalue weighted by molar-refractivity contribution is 7.25. The van der Waals surface area contributed by atoms with Crippen LogP contribution in [-0.4, -0.2) is 9.55 Å². The van der Waals surface area contributed by atoms with Crippen molar-refractivity contribution in [2.24, 2.45) is 0 Å². The molecule has 4 heterocycles. The van der Waals surface area contributed by atoms with Gasteiger partial charge in [0.25, 0.3) is 0 Å². The van der Waals surface area contributed by atoms with Gasteiger partial charge in [-0.1, -0.05) is 115 Å². The SMILES string of the molecule is c1ccc(-n2c3ccccc3c3cc(N(c4ccc(-c5nc6ccccc6c6c5ccc5c7ccccc7oc56)cc4)c4ccc5c(c4)sc4ccccc45)ccc32)cc1. The molecule has 0 saturated heterocycles. The van der Waals surface area contributed by atoms with Gasteiger partial charge in [0.05, 0.1) is 22.2 Å². The molecule has 0 spiro atoms. The van der Waals surface area contributed by atoms with Gasteiger partial charge in [-0.3, -0.25) is 0 Å². The van der Waals surface area contributed by atoms with E-state index in [9.17, 15) is 0 Å². The molecule has 5 heteroatoms. The molecule has 0 unspecified atom stereocenters. The summed E-state index contributed by atoms with van der Waals surface area (Å²) in [6, 6.07) is 71.9. The number of hydrogen-bond donors (Lipinski definition) is 0. The van der Waals surface area contributed by atoms with E-state index in [-0.39, 0.29) is 0 Å². The van der Waals surface area contributed by atoms with Crippen LogP contribution in [-0.2, 0) is 0 Å². The van der Waals surface area contributed by atoms with E-state index in [1.807, 2.05) is 23.5 Å². The van der Waals surface area contributed by atoms with Crippen molar-refractivity contribution >= 4 is 114 Å². The molecule has 0 bridgehead atoms. The molecule has 4 aromatic heterocycles. The van der Waals surface area contributed by atoms with E-state index in [4.69, 9.17) is 9.40 Å². The molecule has 9 aromatic carbocycles. The summed E-state index contributed by atoms with van der Waals surface area (Å²) in [5, 5.41) is 10.5. The molecule has 0 amide bonds. The normalized spacial score (nSPS) is 12.0. The number of pyridine rings is 1. The maximum absolute atomic E-state index is 6.61. The second-order valence-electron chi connectivity index (χ2n) is 15.5. The number of thiophene rings is 1. The maximum Gasteiger partial charge on any atom is 0.144 e. The second-order valence-corrected chi connectivity index (χ2v) is 16.6. The maximum atomic E-state index is 6.61. The number of rotatable bonds is 5. The molecule has 0 aliphatic rings. The monoisotopic (exact) mass is 783 g/mol. The molecule has 0 N–H and O–H groups in total. The van der Waals surface area contributed by atoms with E-state index in [0.717, 1.165) is 77.6 Å². The highest BCUT2D eigenvalue weighted by Gasteiger charge is 2.21. The van der Waals surface area contributed by atoms with Crippen LogP contribution in [0.5, 0.6) is 0 Å². The molecule has 4 nitrogen and oxygen atoms in total. The fraction of sp³-hybridized carbons (Fsp3) is 0. The van der Waals surface area contributed by atoms with Crippen molar-refractivity contribution in [1.82, 2.24) is 9.55 Å². The zero-order chi connectivity index (χ0) is 39.3. The number of para-hydroxylation sites is 4. The van der Waals surface area contributed by atoms with Gasteiger partial charge in [-0.2, -0.15) is 0 Å². The van der Waals surface area contributed by atoms with Crippen molar-refractivity contribution < 1.29 is 4.42 Å². The summed E-state index contributed by atoms with van der Waals surface area (Å²) < 4.78 is 11.5. The summed E-state index contributed by atoms with van der Waals surface area (Å²) in [6.07, 6.45) is 0. The van der Waals surface area contributed by atoms with Crippen molar-refractivity contribution in [2.75, 3.05) is 4.90 Å². The molecule has 0 saturated carbocycles. The van der Waals surface area contributed by atoms with Crippen LogP contribution in [0.3, 0.4) is 0 Å². The minimum atomic E-state index is 0.892. The van der Waals surface area contributed by atoms with Crippen LogP contribution in [0.1, 0.15) is 0 Å². The highest BCUT2D eigenvalue weighted by atomic mass is 32.1. The summed E-state index contributed by atoms with van der Waals surface area (Å²) in [7, 11) is 0. The van der Waals surface area contributed by atoms with Crippen molar-refractivity contribution in [3.05, 3.63) is 200 Å². The van der Waals surface area contributed by atoms with Crippen molar-refractivity contribution in [1.29, 1.82) is 0 Å². The van der Waals surface area contributed by atoms with E-state index in [0.29, 0.717) is 0 Å². The van der Waals surface area contributed by atoms with Crippen LogP contribution in [0.15, 0.2) is 205 Å². The van der Waals surface area contributed by atoms with Crippen LogP contribution in [0, 0.1) is 0 Å². The Morgan fingerprint density at radius 2 is 1.07 bits per heavy atom. The Kier molecular flexibility index (Phi) is 7.14. The van der Waals surface area contributed by atoms with Gasteiger partial charge in [-0.05, 0) is 84.9 Å². The molecular weight excluding hydrogens is 751 g/mol. The number of furan rings is 1. The van der Waals surface area contributed by atoms with E-state index in [1.54, 1.807) is 0 Å². The number of anilines is 3. The van der Waals surface area contributed by atoms with Gasteiger partial charge in [-0.15, -0.1) is 11.3 Å². The van der Waals surface area contributed by atoms with Gasteiger partial charge in [0, 0.05) is 86.2 Å². The quantitative estimate of drug-likeness (QED) is 0.163. The Balaban J connectivity index is 1.01. The van der Waals surface area contributed by atoms with Gasteiger partial charge in [-0.25, -0.2) is 4.98 Å². The van der Waals surface area contributed by atoms with Crippen LogP contribution < -0.4 is 4.90 Å². The highest BCUT2D eigenvalue weighted by Crippen LogP contribution is 2.45. The summed E-state index contributed by atoms with van der Waals surface area (Å²) >= 11 is 1.85. The van der Waals surface area contributed by atoms with E-state index >= 15 is 0 Å². The fourth-order valence-corrected chi connectivity index (χ4v) is 10.6. The smallest absolute Gasteiger partial charge is 0.144 e. The third kappa shape index (κ3) is 4.93. The minimum Gasteiger partial charge on any atom is -0.455 e. The zero-order valence-electron chi connectivity index (χ0n) is 32.2. The molecular formula is C55H33N3OS. The van der Waals surface area contributed by atoms with Crippen LogP contribution in [0.4, 0.5) is 17.1 Å². The van der Waals surface area contributed by atoms with Gasteiger partial charge in [0.1, 0.15) is 11.2 Å². The lowest BCUT2D eigenvalue weighted by molar-refractivity contribution is 0.673. The minimum absolute atomic E-state index is 0.892. The molecule has 13 rings (SSSR count). The third-order valence-corrected chi connectivity index (χ3v) is 13.3. The summed E-state index contributed by atoms with van der Waals surface area (Å²) in [5.41, 5.74) is 11.5. The van der Waals surface area contributed by atoms with Crippen LogP contribution in [0.25, 0.3) is 103 Å². The van der Waals surface area contributed by atoms with Gasteiger partial charge in [0.2, 0.25) is 0 Å². The molecule has 13 aromatic rings. The Morgan fingerprint density at radius 1 is 0.433 bits per heavy atom. The Morgan fingerprint density at radius 3 is 1.95 bits per heavy atom. The van der Waals surface area contributed by atoms with Crippen molar-refractivity contribution in [3.8, 4) is 16.9 Å². The topological polar surface area (TPSA) is 34.2 Å². The first kappa shape index (κ1) is 33.3. The van der Waals surface area contributed by atoms with Crippen LogP contribution in [0.2, 0.25) is 0 Å². The van der Waals surface area contributed by atoms with E-state index < -0.39 is 0 Å². The summed E-state index contributed by atoms with van der Waals surface area (Å²) in [5.74, 6) is 0. The number of aromatic nitrogens is 2. The lowest BCUT2D eigenvalue weighted by Gasteiger charge is -2.26. The first-order valence-electron chi connectivity index (χ1n) is 20.3. The number of fused-ring (bicyclic) bond motifs is 13. The first-order valence-corrected chi connectivity index (χ1v) is 21.1. The van der Waals surface area contributed by atoms with E-state index in [1.165, 1.54) is 42.0 Å². The lowest BCUT2D eigenvalue weighted by Crippen LogP contribution is -2.10. The molecule has 0 atom stereocenters. The van der Waals surface area contributed by atoms with E-state index in [2.05, 4.69) is 198 Å². The van der Waals surface area contributed by atoms with Crippen molar-refractivity contribution in [2.45, 2.75) is 0 Å². The fourth-order valence-electron chi connectivity index (χ4n) is 9.46. The molecule has 60 heavy (non-hydrogen) atoms. The van der Waals surface area contributed by atoms with Crippen LogP contribution >= 0.6 is 11.3 Å². The summed E-state index contributed by atoms with van der Waals surface area (Å²) in [4.78, 5) is 7.71. The van der Waals surface area contributed by atoms with Gasteiger partial charge in [0.15, 0.2) is 0 Å². The molecule has 0 fully saturated rings. The van der Waals surface area contributed by atoms with Gasteiger partial charge < -0.3 is 13.9 Å². The predicted molar refractivity (Wildman–Crippen MR) is 254 cm³/mol. The number of nitrogens with zero attached hydrogens (tertiary/aromatic N) is 3. The lowest BCUT2D eigenvalue weighted by atomic mass is 9.97. The second kappa shape index (κ2) is 12.9. The molecule has 0 aliphatic carbocycles. The summed E-state index contributed by atoms with van der Waals surface area (Å²) in [6.45, 7) is 0. The number of hydrogen-bond acceptors (Lipinski definition) is 4. The largest absolute Gasteiger partial charge is 0.455 e. The Labute approximate surface area is 348 Å². The molecule has 0 aliphatic heterocycles. The predicted octanol–water partition coefficient (Wildman–Crippen LogP) is 15.9. The first-order chi connectivity index (χ1) is 29.7. The zero-order valence-corrected chi connectivity index (χ0v) is 33.0.